The van der Waals surface area contributed by atoms with Crippen LogP contribution in [0.4, 0.5) is 0 Å². The molecule has 2 rings (SSSR count). The lowest BCUT2D eigenvalue weighted by Gasteiger charge is -2.13. The van der Waals surface area contributed by atoms with Crippen LogP contribution in [0.5, 0.6) is 0 Å². The first-order valence-electron chi connectivity index (χ1n) is 8.26. The summed E-state index contributed by atoms with van der Waals surface area (Å²) < 4.78 is 0. The van der Waals surface area contributed by atoms with Crippen LogP contribution in [0.3, 0.4) is 0 Å². The molecule has 4 nitrogen and oxygen atoms in total. The first kappa shape index (κ1) is 20.4. The maximum atomic E-state index is 4.69. The molecule has 0 radical (unpaired) electrons. The van der Waals surface area contributed by atoms with Crippen molar-refractivity contribution in [3.63, 3.8) is 0 Å². The van der Waals surface area contributed by atoms with Crippen LogP contribution in [0, 0.1) is 0 Å². The number of nitrogens with zero attached hydrogens (tertiary/aromatic N) is 2. The summed E-state index contributed by atoms with van der Waals surface area (Å²) >= 11 is 0. The molecule has 0 bridgehead atoms. The minimum Gasteiger partial charge on any atom is -0.357 e. The Hall–Kier alpha value is -1.63. The van der Waals surface area contributed by atoms with Gasteiger partial charge < -0.3 is 10.6 Å². The molecule has 0 aliphatic rings. The van der Waals surface area contributed by atoms with Crippen molar-refractivity contribution in [2.24, 2.45) is 4.99 Å². The molecule has 2 aromatic rings. The number of pyridine rings is 1. The zero-order valence-electron chi connectivity index (χ0n) is 14.4. The fourth-order valence-electron chi connectivity index (χ4n) is 2.31. The number of guanidine groups is 1. The van der Waals surface area contributed by atoms with Gasteiger partial charge >= 0.3 is 0 Å². The molecule has 1 atom stereocenters. The molecule has 0 saturated carbocycles. The molecule has 0 aliphatic carbocycles. The number of aromatic nitrogens is 1. The van der Waals surface area contributed by atoms with Crippen molar-refractivity contribution in [1.82, 2.24) is 15.6 Å². The molecule has 24 heavy (non-hydrogen) atoms. The van der Waals surface area contributed by atoms with Crippen molar-refractivity contribution in [1.29, 1.82) is 0 Å². The standard InChI is InChI=1S/C19H26N4.HI/c1-3-20-19(22-14-12-18-11-7-8-13-21-18)23-15-16(2)17-9-5-4-6-10-17;/h4-11,13,16H,3,12,14-15H2,1-2H3,(H2,20,22,23);1H. The second kappa shape index (κ2) is 11.8. The number of halogens is 1. The average molecular weight is 438 g/mol. The highest BCUT2D eigenvalue weighted by atomic mass is 127. The Balaban J connectivity index is 0.00000288. The lowest BCUT2D eigenvalue weighted by molar-refractivity contribution is 0.743. The minimum absolute atomic E-state index is 0. The summed E-state index contributed by atoms with van der Waals surface area (Å²) in [5, 5.41) is 6.67. The fourth-order valence-corrected chi connectivity index (χ4v) is 2.31. The van der Waals surface area contributed by atoms with Gasteiger partial charge in [-0.15, -0.1) is 24.0 Å². The van der Waals surface area contributed by atoms with Crippen LogP contribution >= 0.6 is 24.0 Å². The summed E-state index contributed by atoms with van der Waals surface area (Å²) in [7, 11) is 0. The number of rotatable bonds is 7. The van der Waals surface area contributed by atoms with Crippen LogP contribution in [0.2, 0.25) is 0 Å². The molecule has 0 spiro atoms. The summed E-state index contributed by atoms with van der Waals surface area (Å²) in [6, 6.07) is 16.5. The third-order valence-electron chi connectivity index (χ3n) is 3.64. The summed E-state index contributed by atoms with van der Waals surface area (Å²) in [6.45, 7) is 6.73. The molecular weight excluding hydrogens is 411 g/mol. The first-order chi connectivity index (χ1) is 11.3. The SMILES string of the molecule is CCNC(=NCC(C)c1ccccc1)NCCc1ccccn1.I. The Labute approximate surface area is 162 Å². The van der Waals surface area contributed by atoms with E-state index in [1.54, 1.807) is 0 Å². The van der Waals surface area contributed by atoms with Crippen LogP contribution in [0.1, 0.15) is 31.0 Å². The predicted octanol–water partition coefficient (Wildman–Crippen LogP) is 3.60. The van der Waals surface area contributed by atoms with Crippen molar-refractivity contribution in [2.75, 3.05) is 19.6 Å². The highest BCUT2D eigenvalue weighted by Crippen LogP contribution is 2.14. The van der Waals surface area contributed by atoms with Gasteiger partial charge in [0, 0.05) is 43.9 Å². The number of benzene rings is 1. The number of hydrogen-bond donors (Lipinski definition) is 2. The molecule has 0 amide bonds. The van der Waals surface area contributed by atoms with Crippen molar-refractivity contribution < 1.29 is 0 Å². The van der Waals surface area contributed by atoms with E-state index in [9.17, 15) is 0 Å². The Kier molecular flexibility index (Phi) is 10.1. The summed E-state index contributed by atoms with van der Waals surface area (Å²) in [4.78, 5) is 9.03. The van der Waals surface area contributed by atoms with Crippen molar-refractivity contribution in [3.8, 4) is 0 Å². The second-order valence-electron chi connectivity index (χ2n) is 5.53. The molecule has 1 aromatic carbocycles. The van der Waals surface area contributed by atoms with E-state index in [1.807, 2.05) is 30.5 Å². The van der Waals surface area contributed by atoms with Gasteiger partial charge in [0.2, 0.25) is 0 Å². The van der Waals surface area contributed by atoms with Gasteiger partial charge in [-0.05, 0) is 24.6 Å². The highest BCUT2D eigenvalue weighted by Gasteiger charge is 2.05. The maximum Gasteiger partial charge on any atom is 0.191 e. The summed E-state index contributed by atoms with van der Waals surface area (Å²) in [6.07, 6.45) is 2.72. The van der Waals surface area contributed by atoms with Crippen molar-refractivity contribution in [2.45, 2.75) is 26.2 Å². The molecule has 0 fully saturated rings. The largest absolute Gasteiger partial charge is 0.357 e. The number of nitrogens with one attached hydrogen (secondary N) is 2. The van der Waals surface area contributed by atoms with Crippen molar-refractivity contribution >= 4 is 29.9 Å². The molecule has 130 valence electrons. The van der Waals surface area contributed by atoms with Gasteiger partial charge in [0.15, 0.2) is 5.96 Å². The number of hydrogen-bond acceptors (Lipinski definition) is 2. The van der Waals surface area contributed by atoms with Gasteiger partial charge in [-0.2, -0.15) is 0 Å². The van der Waals surface area contributed by atoms with Gasteiger partial charge in [-0.1, -0.05) is 43.3 Å². The van der Waals surface area contributed by atoms with Crippen LogP contribution in [0.15, 0.2) is 59.7 Å². The van der Waals surface area contributed by atoms with E-state index in [2.05, 4.69) is 53.7 Å². The highest BCUT2D eigenvalue weighted by molar-refractivity contribution is 14.0. The zero-order valence-corrected chi connectivity index (χ0v) is 16.7. The third kappa shape index (κ3) is 7.29. The average Bonchev–Trinajstić information content (AvgIpc) is 2.61. The van der Waals surface area contributed by atoms with Crippen LogP contribution < -0.4 is 10.6 Å². The van der Waals surface area contributed by atoms with E-state index >= 15 is 0 Å². The van der Waals surface area contributed by atoms with E-state index in [1.165, 1.54) is 5.56 Å². The topological polar surface area (TPSA) is 49.3 Å². The van der Waals surface area contributed by atoms with E-state index in [4.69, 9.17) is 4.99 Å². The molecule has 1 aromatic heterocycles. The Morgan fingerprint density at radius 1 is 1.08 bits per heavy atom. The monoisotopic (exact) mass is 438 g/mol. The lowest BCUT2D eigenvalue weighted by atomic mass is 10.0. The molecule has 5 heteroatoms. The lowest BCUT2D eigenvalue weighted by Crippen LogP contribution is -2.38. The molecule has 2 N–H and O–H groups in total. The van der Waals surface area contributed by atoms with E-state index in [-0.39, 0.29) is 24.0 Å². The van der Waals surface area contributed by atoms with Gasteiger partial charge in [-0.3, -0.25) is 9.98 Å². The van der Waals surface area contributed by atoms with Crippen molar-refractivity contribution in [3.05, 3.63) is 66.0 Å². The maximum absolute atomic E-state index is 4.69. The summed E-state index contributed by atoms with van der Waals surface area (Å²) in [5.74, 6) is 1.27. The predicted molar refractivity (Wildman–Crippen MR) is 112 cm³/mol. The normalized spacial score (nSPS) is 12.2. The minimum atomic E-state index is 0. The van der Waals surface area contributed by atoms with E-state index < -0.39 is 0 Å². The van der Waals surface area contributed by atoms with Gasteiger partial charge in [0.05, 0.1) is 0 Å². The molecular formula is C19H27IN4. The van der Waals surface area contributed by atoms with Gasteiger partial charge in [-0.25, -0.2) is 0 Å². The Morgan fingerprint density at radius 2 is 1.83 bits per heavy atom. The first-order valence-corrected chi connectivity index (χ1v) is 8.26. The Bertz CT molecular complexity index is 587. The number of aliphatic imine (C=N–C) groups is 1. The van der Waals surface area contributed by atoms with Gasteiger partial charge in [0.25, 0.3) is 0 Å². The summed E-state index contributed by atoms with van der Waals surface area (Å²) in [5.41, 5.74) is 2.41. The zero-order chi connectivity index (χ0) is 16.3. The molecule has 0 saturated heterocycles. The van der Waals surface area contributed by atoms with Gasteiger partial charge in [0.1, 0.15) is 0 Å². The van der Waals surface area contributed by atoms with Crippen LogP contribution in [0.25, 0.3) is 0 Å². The second-order valence-corrected chi connectivity index (χ2v) is 5.53. The van der Waals surface area contributed by atoms with E-state index in [0.717, 1.165) is 37.7 Å². The quantitative estimate of drug-likeness (QED) is 0.395. The molecule has 1 unspecified atom stereocenters. The van der Waals surface area contributed by atoms with E-state index in [0.29, 0.717) is 5.92 Å². The third-order valence-corrected chi connectivity index (χ3v) is 3.64. The Morgan fingerprint density at radius 3 is 2.50 bits per heavy atom. The molecule has 1 heterocycles. The fraction of sp³-hybridized carbons (Fsp3) is 0.368. The molecule has 0 aliphatic heterocycles. The van der Waals surface area contributed by atoms with Crippen LogP contribution in [-0.2, 0) is 6.42 Å². The van der Waals surface area contributed by atoms with Crippen LogP contribution in [-0.4, -0.2) is 30.6 Å². The smallest absolute Gasteiger partial charge is 0.191 e.